The topological polar surface area (TPSA) is 69.6 Å². The van der Waals surface area contributed by atoms with Gasteiger partial charge in [0.05, 0.1) is 0 Å². The van der Waals surface area contributed by atoms with Gasteiger partial charge in [-0.15, -0.1) is 0 Å². The summed E-state index contributed by atoms with van der Waals surface area (Å²) >= 11 is 1.59. The zero-order valence-corrected chi connectivity index (χ0v) is 12.5. The molecule has 1 saturated carbocycles. The number of nitrogens with one attached hydrogen (secondary N) is 1. The van der Waals surface area contributed by atoms with Gasteiger partial charge in [-0.25, -0.2) is 9.59 Å². The monoisotopic (exact) mass is 288 g/mol. The van der Waals surface area contributed by atoms with Gasteiger partial charge < -0.3 is 15.3 Å². The summed E-state index contributed by atoms with van der Waals surface area (Å²) in [4.78, 5) is 25.0. The molecule has 2 amide bonds. The molecule has 19 heavy (non-hydrogen) atoms. The highest BCUT2D eigenvalue weighted by molar-refractivity contribution is 7.98. The van der Waals surface area contributed by atoms with E-state index in [2.05, 4.69) is 5.32 Å². The van der Waals surface area contributed by atoms with Crippen LogP contribution in [0.25, 0.3) is 0 Å². The Balaban J connectivity index is 2.48. The van der Waals surface area contributed by atoms with Gasteiger partial charge in [-0.05, 0) is 43.6 Å². The standard InChI is InChI=1S/C13H24N2O3S/c1-3-7-15(9-10-4-5-10)13(18)14-11(12(16)17)6-8-19-2/h10-11H,3-9H2,1-2H3,(H,14,18)(H,16,17)/t11-/m0/s1. The number of aliphatic carboxylic acids is 1. The molecule has 0 heterocycles. The SMILES string of the molecule is CCCN(CC1CC1)C(=O)N[C@@H](CCSC)C(=O)O. The van der Waals surface area contributed by atoms with Crippen LogP contribution >= 0.6 is 11.8 Å². The van der Waals surface area contributed by atoms with E-state index in [1.54, 1.807) is 16.7 Å². The van der Waals surface area contributed by atoms with Crippen LogP contribution in [-0.2, 0) is 4.79 Å². The Hall–Kier alpha value is -0.910. The molecule has 0 aromatic heterocycles. The lowest BCUT2D eigenvalue weighted by Crippen LogP contribution is -2.49. The van der Waals surface area contributed by atoms with E-state index in [-0.39, 0.29) is 6.03 Å². The Morgan fingerprint density at radius 1 is 1.47 bits per heavy atom. The third kappa shape index (κ3) is 6.18. The normalized spacial score (nSPS) is 15.9. The molecule has 6 heteroatoms. The quantitative estimate of drug-likeness (QED) is 0.681. The summed E-state index contributed by atoms with van der Waals surface area (Å²) in [6, 6.07) is -1.01. The fourth-order valence-electron chi connectivity index (χ4n) is 1.89. The third-order valence-electron chi connectivity index (χ3n) is 3.16. The van der Waals surface area contributed by atoms with Gasteiger partial charge in [0.2, 0.25) is 0 Å². The molecule has 1 aliphatic carbocycles. The third-order valence-corrected chi connectivity index (χ3v) is 3.81. The molecule has 5 nitrogen and oxygen atoms in total. The summed E-state index contributed by atoms with van der Waals surface area (Å²) in [6.45, 7) is 3.47. The summed E-state index contributed by atoms with van der Waals surface area (Å²) < 4.78 is 0. The van der Waals surface area contributed by atoms with Crippen molar-refractivity contribution in [1.29, 1.82) is 0 Å². The number of hydrogen-bond donors (Lipinski definition) is 2. The minimum atomic E-state index is -0.953. The van der Waals surface area contributed by atoms with Crippen molar-refractivity contribution < 1.29 is 14.7 Å². The highest BCUT2D eigenvalue weighted by Gasteiger charge is 2.28. The van der Waals surface area contributed by atoms with E-state index in [0.717, 1.165) is 18.7 Å². The van der Waals surface area contributed by atoms with E-state index in [1.807, 2.05) is 13.2 Å². The minimum absolute atomic E-state index is 0.234. The van der Waals surface area contributed by atoms with Gasteiger partial charge in [0, 0.05) is 13.1 Å². The van der Waals surface area contributed by atoms with E-state index in [4.69, 9.17) is 5.11 Å². The molecule has 0 bridgehead atoms. The maximum atomic E-state index is 12.1. The van der Waals surface area contributed by atoms with Gasteiger partial charge in [0.1, 0.15) is 6.04 Å². The predicted octanol–water partition coefficient (Wildman–Crippen LogP) is 2.02. The molecular weight excluding hydrogens is 264 g/mol. The second-order valence-electron chi connectivity index (χ2n) is 5.01. The number of carboxylic acids is 1. The van der Waals surface area contributed by atoms with Crippen molar-refractivity contribution >= 4 is 23.8 Å². The summed E-state index contributed by atoms with van der Waals surface area (Å²) in [6.07, 6.45) is 5.65. The second kappa shape index (κ2) is 8.30. The van der Waals surface area contributed by atoms with Gasteiger partial charge in [0.15, 0.2) is 0 Å². The van der Waals surface area contributed by atoms with Gasteiger partial charge >= 0.3 is 12.0 Å². The van der Waals surface area contributed by atoms with Crippen molar-refractivity contribution in [2.24, 2.45) is 5.92 Å². The first-order chi connectivity index (χ1) is 9.08. The number of nitrogens with zero attached hydrogens (tertiary/aromatic N) is 1. The number of thioether (sulfide) groups is 1. The Kier molecular flexibility index (Phi) is 7.05. The molecule has 2 N–H and O–H groups in total. The van der Waals surface area contributed by atoms with Crippen LogP contribution in [0.4, 0.5) is 4.79 Å². The van der Waals surface area contributed by atoms with Crippen molar-refractivity contribution in [3.8, 4) is 0 Å². The average molecular weight is 288 g/mol. The van der Waals surface area contributed by atoms with Crippen molar-refractivity contribution in [3.63, 3.8) is 0 Å². The number of carbonyl (C=O) groups is 2. The lowest BCUT2D eigenvalue weighted by molar-refractivity contribution is -0.139. The van der Waals surface area contributed by atoms with E-state index in [9.17, 15) is 9.59 Å². The molecule has 0 aromatic carbocycles. The lowest BCUT2D eigenvalue weighted by Gasteiger charge is -2.24. The van der Waals surface area contributed by atoms with E-state index < -0.39 is 12.0 Å². The zero-order chi connectivity index (χ0) is 14.3. The van der Waals surface area contributed by atoms with Crippen LogP contribution in [0.3, 0.4) is 0 Å². The Bertz CT molecular complexity index is 308. The summed E-state index contributed by atoms with van der Waals surface area (Å²) in [5.74, 6) is 0.394. The number of hydrogen-bond acceptors (Lipinski definition) is 3. The van der Waals surface area contributed by atoms with Crippen LogP contribution in [0.1, 0.15) is 32.6 Å². The van der Waals surface area contributed by atoms with Crippen LogP contribution in [0.2, 0.25) is 0 Å². The summed E-state index contributed by atoms with van der Waals surface area (Å²) in [5.41, 5.74) is 0. The largest absolute Gasteiger partial charge is 0.480 e. The van der Waals surface area contributed by atoms with Crippen LogP contribution in [0, 0.1) is 5.92 Å². The first kappa shape index (κ1) is 16.1. The first-order valence-corrected chi connectivity index (χ1v) is 8.25. The van der Waals surface area contributed by atoms with Gasteiger partial charge in [-0.2, -0.15) is 11.8 Å². The lowest BCUT2D eigenvalue weighted by atomic mass is 10.2. The molecule has 0 saturated heterocycles. The molecule has 0 aromatic rings. The smallest absolute Gasteiger partial charge is 0.326 e. The van der Waals surface area contributed by atoms with E-state index in [0.29, 0.717) is 18.9 Å². The van der Waals surface area contributed by atoms with Crippen LogP contribution < -0.4 is 5.32 Å². The van der Waals surface area contributed by atoms with Gasteiger partial charge in [-0.1, -0.05) is 6.92 Å². The number of carboxylic acid groups (broad SMARTS) is 1. The van der Waals surface area contributed by atoms with E-state index >= 15 is 0 Å². The maximum absolute atomic E-state index is 12.1. The van der Waals surface area contributed by atoms with Crippen molar-refractivity contribution in [1.82, 2.24) is 10.2 Å². The molecule has 0 aliphatic heterocycles. The minimum Gasteiger partial charge on any atom is -0.480 e. The van der Waals surface area contributed by atoms with Crippen LogP contribution in [-0.4, -0.2) is 53.1 Å². The van der Waals surface area contributed by atoms with Gasteiger partial charge in [-0.3, -0.25) is 0 Å². The molecule has 1 atom stereocenters. The molecule has 1 rings (SSSR count). The number of amides is 2. The summed E-state index contributed by atoms with van der Waals surface area (Å²) in [5, 5.41) is 11.8. The fourth-order valence-corrected chi connectivity index (χ4v) is 2.36. The van der Waals surface area contributed by atoms with Gasteiger partial charge in [0.25, 0.3) is 0 Å². The predicted molar refractivity (Wildman–Crippen MR) is 77.5 cm³/mol. The zero-order valence-electron chi connectivity index (χ0n) is 11.7. The molecule has 0 unspecified atom stereocenters. The molecule has 110 valence electrons. The number of carbonyl (C=O) groups excluding carboxylic acids is 1. The molecule has 1 fully saturated rings. The molecular formula is C13H24N2O3S. The first-order valence-electron chi connectivity index (χ1n) is 6.85. The van der Waals surface area contributed by atoms with Crippen molar-refractivity contribution in [2.75, 3.05) is 25.1 Å². The number of urea groups is 1. The highest BCUT2D eigenvalue weighted by Crippen LogP contribution is 2.29. The Morgan fingerprint density at radius 3 is 2.63 bits per heavy atom. The van der Waals surface area contributed by atoms with Crippen molar-refractivity contribution in [3.05, 3.63) is 0 Å². The molecule has 0 spiro atoms. The van der Waals surface area contributed by atoms with Crippen LogP contribution in [0.15, 0.2) is 0 Å². The molecule has 1 aliphatic rings. The van der Waals surface area contributed by atoms with E-state index in [1.165, 1.54) is 12.8 Å². The average Bonchev–Trinajstić information content (AvgIpc) is 3.17. The number of rotatable bonds is 9. The summed E-state index contributed by atoms with van der Waals surface area (Å²) in [7, 11) is 0. The molecule has 0 radical (unpaired) electrons. The highest BCUT2D eigenvalue weighted by atomic mass is 32.2. The maximum Gasteiger partial charge on any atom is 0.326 e. The van der Waals surface area contributed by atoms with Crippen molar-refractivity contribution in [2.45, 2.75) is 38.6 Å². The Labute approximate surface area is 119 Å². The Morgan fingerprint density at radius 2 is 2.16 bits per heavy atom. The fraction of sp³-hybridized carbons (Fsp3) is 0.846. The second-order valence-corrected chi connectivity index (χ2v) is 6.00. The van der Waals surface area contributed by atoms with Crippen LogP contribution in [0.5, 0.6) is 0 Å².